The van der Waals surface area contributed by atoms with Crippen molar-refractivity contribution in [2.75, 3.05) is 0 Å². The Morgan fingerprint density at radius 1 is 0.325 bits per heavy atom. The van der Waals surface area contributed by atoms with Gasteiger partial charge in [-0.15, -0.1) is 0 Å². The predicted molar refractivity (Wildman–Crippen MR) is 176 cm³/mol. The molecule has 0 atom stereocenters. The summed E-state index contributed by atoms with van der Waals surface area (Å²) in [6.07, 6.45) is 0. The van der Waals surface area contributed by atoms with E-state index in [2.05, 4.69) is 109 Å². The van der Waals surface area contributed by atoms with Crippen LogP contribution in [0.5, 0.6) is 0 Å². The first-order chi connectivity index (χ1) is 19.8. The van der Waals surface area contributed by atoms with Crippen molar-refractivity contribution < 1.29 is 0 Å². The third-order valence-corrected chi connectivity index (χ3v) is 13.3. The number of hydrogen-bond donors (Lipinski definition) is 0. The van der Waals surface area contributed by atoms with Gasteiger partial charge in [-0.25, -0.2) is 0 Å². The van der Waals surface area contributed by atoms with Crippen molar-refractivity contribution in [1.82, 2.24) is 0 Å². The van der Waals surface area contributed by atoms with Crippen LogP contribution in [-0.4, -0.2) is 13.4 Å². The summed E-state index contributed by atoms with van der Waals surface area (Å²) in [5.41, 5.74) is 8.78. The summed E-state index contributed by atoms with van der Waals surface area (Å²) in [6, 6.07) is 41.7. The quantitative estimate of drug-likeness (QED) is 0.212. The molecule has 0 aliphatic carbocycles. The fraction of sp³-hybridized carbons (Fsp3) is 0. The monoisotopic (exact) mass is 576 g/mol. The minimum Gasteiger partial charge on any atom is -0.0911 e. The number of fused-ring (bicyclic) bond motifs is 9. The van der Waals surface area contributed by atoms with Crippen molar-refractivity contribution in [3.05, 3.63) is 109 Å². The van der Waals surface area contributed by atoms with E-state index in [0.29, 0.717) is 0 Å². The van der Waals surface area contributed by atoms with Crippen molar-refractivity contribution in [1.29, 1.82) is 0 Å². The summed E-state index contributed by atoms with van der Waals surface area (Å²) in [4.78, 5) is 11.2. The van der Waals surface area contributed by atoms with Crippen molar-refractivity contribution in [3.63, 3.8) is 0 Å². The van der Waals surface area contributed by atoms with E-state index >= 15 is 0 Å². The van der Waals surface area contributed by atoms with E-state index in [0.717, 1.165) is 0 Å². The van der Waals surface area contributed by atoms with E-state index < -0.39 is 0 Å². The third-order valence-electron chi connectivity index (χ3n) is 8.69. The Balaban J connectivity index is 1.22. The fourth-order valence-corrected chi connectivity index (χ4v) is 11.9. The minimum absolute atomic E-state index is 0.286. The molecule has 0 bridgehead atoms. The highest BCUT2D eigenvalue weighted by molar-refractivity contribution is 8.02. The SMILES string of the molecule is c1ccc2c(c1)Sc1cccc3c1B2c1cc2cc4c(cc2cc1S3)Sc1cccc2c1B4c1ccccc1S2. The van der Waals surface area contributed by atoms with Gasteiger partial charge >= 0.3 is 0 Å². The lowest BCUT2D eigenvalue weighted by Gasteiger charge is -2.34. The second-order valence-corrected chi connectivity index (χ2v) is 15.1. The average Bonchev–Trinajstić information content (AvgIpc) is 2.99. The lowest BCUT2D eigenvalue weighted by molar-refractivity contribution is 1.33. The van der Waals surface area contributed by atoms with Crippen LogP contribution in [0.3, 0.4) is 0 Å². The maximum absolute atomic E-state index is 2.52. The highest BCUT2D eigenvalue weighted by Crippen LogP contribution is 2.41. The van der Waals surface area contributed by atoms with Gasteiger partial charge in [0.25, 0.3) is 0 Å². The average molecular weight is 576 g/mol. The number of benzene rings is 6. The van der Waals surface area contributed by atoms with Gasteiger partial charge in [-0.1, -0.05) is 130 Å². The van der Waals surface area contributed by atoms with Gasteiger partial charge in [0.05, 0.1) is 0 Å². The largest absolute Gasteiger partial charge is 0.247 e. The van der Waals surface area contributed by atoms with Gasteiger partial charge in [-0.3, -0.25) is 0 Å². The van der Waals surface area contributed by atoms with Crippen LogP contribution in [0.2, 0.25) is 0 Å². The molecule has 4 heterocycles. The highest BCUT2D eigenvalue weighted by Gasteiger charge is 2.40. The van der Waals surface area contributed by atoms with Crippen LogP contribution in [-0.2, 0) is 0 Å². The van der Waals surface area contributed by atoms with E-state index in [-0.39, 0.29) is 13.4 Å². The molecule has 0 unspecified atom stereocenters. The number of hydrogen-bond acceptors (Lipinski definition) is 4. The maximum Gasteiger partial charge on any atom is 0.247 e. The molecule has 6 aromatic rings. The van der Waals surface area contributed by atoms with Crippen molar-refractivity contribution in [3.8, 4) is 0 Å². The van der Waals surface area contributed by atoms with Gasteiger partial charge in [0.15, 0.2) is 0 Å². The molecule has 40 heavy (non-hydrogen) atoms. The zero-order chi connectivity index (χ0) is 25.9. The molecule has 6 heteroatoms. The molecule has 0 spiro atoms. The first kappa shape index (κ1) is 22.8. The summed E-state index contributed by atoms with van der Waals surface area (Å²) in [6.45, 7) is 0.572. The molecule has 0 radical (unpaired) electrons. The first-order valence-corrected chi connectivity index (χ1v) is 16.8. The second kappa shape index (κ2) is 8.33. The van der Waals surface area contributed by atoms with Crippen LogP contribution in [0, 0.1) is 0 Å². The molecule has 0 amide bonds. The van der Waals surface area contributed by atoms with Gasteiger partial charge in [-0.2, -0.15) is 0 Å². The molecule has 184 valence electrons. The van der Waals surface area contributed by atoms with E-state index in [9.17, 15) is 0 Å². The summed E-state index contributed by atoms with van der Waals surface area (Å²) < 4.78 is 0. The van der Waals surface area contributed by atoms with Crippen molar-refractivity contribution >= 4 is 104 Å². The third kappa shape index (κ3) is 3.08. The molecule has 6 aromatic carbocycles. The summed E-state index contributed by atoms with van der Waals surface area (Å²) in [7, 11) is 0. The molecule has 4 aliphatic heterocycles. The standard InChI is InChI=1S/C34H18B2S4/c1-3-9-25-21(7-1)35-23-15-19-16-24-32(18-20(19)17-31(23)39-29-13-5-11-27(37-25)33(29)35)40-30-14-6-12-28-34(30)36(24)22-8-2-4-10-26(22)38-28/h1-18H. The topological polar surface area (TPSA) is 0 Å². The Bertz CT molecular complexity index is 1960. The fourth-order valence-electron chi connectivity index (χ4n) is 7.00. The first-order valence-electron chi connectivity index (χ1n) is 13.6. The molecule has 10 rings (SSSR count). The molecule has 0 fully saturated rings. The van der Waals surface area contributed by atoms with Gasteiger partial charge in [0.1, 0.15) is 0 Å². The smallest absolute Gasteiger partial charge is 0.0911 e. The Kier molecular flexibility index (Phi) is 4.74. The van der Waals surface area contributed by atoms with Crippen LogP contribution >= 0.6 is 47.0 Å². The lowest BCUT2D eigenvalue weighted by atomic mass is 9.35. The molecule has 0 saturated carbocycles. The normalized spacial score (nSPS) is 15.0. The Hall–Kier alpha value is -2.89. The van der Waals surface area contributed by atoms with E-state index in [4.69, 9.17) is 0 Å². The molecule has 4 aliphatic rings. The second-order valence-electron chi connectivity index (χ2n) is 10.8. The molecule has 0 aromatic heterocycles. The zero-order valence-corrected chi connectivity index (χ0v) is 24.4. The molecule has 0 N–H and O–H groups in total. The van der Waals surface area contributed by atoms with Crippen LogP contribution in [0.4, 0.5) is 0 Å². The van der Waals surface area contributed by atoms with Crippen molar-refractivity contribution in [2.45, 2.75) is 39.2 Å². The van der Waals surface area contributed by atoms with Gasteiger partial charge < -0.3 is 0 Å². The molecule has 0 saturated heterocycles. The molecular weight excluding hydrogens is 558 g/mol. The van der Waals surface area contributed by atoms with Gasteiger partial charge in [-0.05, 0) is 70.2 Å². The van der Waals surface area contributed by atoms with E-state index in [1.165, 1.54) is 82.7 Å². The Labute approximate surface area is 250 Å². The molecule has 0 nitrogen and oxygen atoms in total. The van der Waals surface area contributed by atoms with Crippen molar-refractivity contribution in [2.24, 2.45) is 0 Å². The highest BCUT2D eigenvalue weighted by atomic mass is 32.2. The molecular formula is C34H18B2S4. The lowest BCUT2D eigenvalue weighted by Crippen LogP contribution is -2.58. The minimum atomic E-state index is 0.286. The van der Waals surface area contributed by atoms with Gasteiger partial charge in [0, 0.05) is 39.2 Å². The maximum atomic E-state index is 2.52. The van der Waals surface area contributed by atoms with Crippen LogP contribution in [0.1, 0.15) is 0 Å². The summed E-state index contributed by atoms with van der Waals surface area (Å²) in [5.74, 6) is 0. The van der Waals surface area contributed by atoms with Crippen LogP contribution < -0.4 is 32.8 Å². The van der Waals surface area contributed by atoms with Crippen LogP contribution in [0.15, 0.2) is 148 Å². The van der Waals surface area contributed by atoms with E-state index in [1.54, 1.807) is 0 Å². The predicted octanol–water partition coefficient (Wildman–Crippen LogP) is 5.73. The summed E-state index contributed by atoms with van der Waals surface area (Å²) in [5, 5.41) is 2.70. The van der Waals surface area contributed by atoms with Gasteiger partial charge in [0.2, 0.25) is 13.4 Å². The Morgan fingerprint density at radius 2 is 0.700 bits per heavy atom. The van der Waals surface area contributed by atoms with E-state index in [1.807, 2.05) is 47.0 Å². The zero-order valence-electron chi connectivity index (χ0n) is 21.2. The summed E-state index contributed by atoms with van der Waals surface area (Å²) >= 11 is 7.75. The number of rotatable bonds is 0. The van der Waals surface area contributed by atoms with Crippen LogP contribution in [0.25, 0.3) is 10.8 Å². The Morgan fingerprint density at radius 3 is 1.18 bits per heavy atom.